The SMILES string of the molecule is C=CC1CC1(NC(=O)[C@@H]1C[C@@H](Oc2cc(-c3csc(NC(C)C)n3)nc3cc(OC)ccc23)CN1C(=O)OC(C)(C)C)C(=O)NS(=O)(=O)c1ccccc1NCCCCN(C)CCCC(=O)OC. The van der Waals surface area contributed by atoms with Crippen molar-refractivity contribution in [2.45, 2.75) is 107 Å². The van der Waals surface area contributed by atoms with Gasteiger partial charge in [0.2, 0.25) is 5.91 Å². The van der Waals surface area contributed by atoms with E-state index in [1.807, 2.05) is 32.3 Å². The Morgan fingerprint density at radius 3 is 2.47 bits per heavy atom. The lowest BCUT2D eigenvalue weighted by molar-refractivity contribution is -0.140. The summed E-state index contributed by atoms with van der Waals surface area (Å²) < 4.78 is 52.8. The lowest BCUT2D eigenvalue weighted by Gasteiger charge is -2.29. The first-order valence-corrected chi connectivity index (χ1v) is 25.1. The molecule has 2 aromatic heterocycles. The second-order valence-electron chi connectivity index (χ2n) is 18.4. The molecule has 2 fully saturated rings. The zero-order valence-corrected chi connectivity index (χ0v) is 41.7. The van der Waals surface area contributed by atoms with Crippen molar-refractivity contribution in [1.82, 2.24) is 29.8 Å². The number of nitrogens with one attached hydrogen (secondary N) is 4. The van der Waals surface area contributed by atoms with E-state index in [4.69, 9.17) is 28.9 Å². The lowest BCUT2D eigenvalue weighted by Crippen LogP contribution is -2.56. The van der Waals surface area contributed by atoms with E-state index in [-0.39, 0.29) is 36.3 Å². The molecule has 2 unspecified atom stereocenters. The normalized spacial score (nSPS) is 19.1. The predicted molar refractivity (Wildman–Crippen MR) is 261 cm³/mol. The number of fused-ring (bicyclic) bond motifs is 1. The number of aromatic nitrogens is 2. The van der Waals surface area contributed by atoms with E-state index in [0.29, 0.717) is 58.9 Å². The quantitative estimate of drug-likeness (QED) is 0.0371. The molecule has 1 aliphatic heterocycles. The van der Waals surface area contributed by atoms with Gasteiger partial charge in [-0.1, -0.05) is 18.2 Å². The average molecular weight is 977 g/mol. The van der Waals surface area contributed by atoms with Crippen molar-refractivity contribution in [1.29, 1.82) is 0 Å². The fourth-order valence-electron chi connectivity index (χ4n) is 7.96. The van der Waals surface area contributed by atoms with Gasteiger partial charge in [0.25, 0.3) is 15.9 Å². The molecule has 4 N–H and O–H groups in total. The molecule has 2 aliphatic rings. The molecular weight excluding hydrogens is 913 g/mol. The van der Waals surface area contributed by atoms with Crippen LogP contribution in [0.25, 0.3) is 22.3 Å². The number of anilines is 2. The molecule has 18 nitrogen and oxygen atoms in total. The number of pyridine rings is 1. The minimum atomic E-state index is -4.45. The number of carbonyl (C=O) groups excluding carboxylic acids is 4. The van der Waals surface area contributed by atoms with Crippen molar-refractivity contribution in [3.05, 3.63) is 66.6 Å². The summed E-state index contributed by atoms with van der Waals surface area (Å²) in [4.78, 5) is 66.8. The Bertz CT molecular complexity index is 2580. The van der Waals surface area contributed by atoms with Gasteiger partial charge in [-0.2, -0.15) is 0 Å². The van der Waals surface area contributed by atoms with Crippen LogP contribution >= 0.6 is 11.3 Å². The number of unbranched alkanes of at least 4 members (excludes halogenated alkanes) is 1. The van der Waals surface area contributed by atoms with E-state index in [0.717, 1.165) is 31.1 Å². The third-order valence-corrected chi connectivity index (χ3v) is 13.7. The first-order valence-electron chi connectivity index (χ1n) is 22.7. The molecule has 1 aliphatic carbocycles. The fraction of sp³-hybridized carbons (Fsp3) is 0.500. The number of thiazole rings is 1. The topological polar surface area (TPSA) is 220 Å². The van der Waals surface area contributed by atoms with Gasteiger partial charge in [-0.3, -0.25) is 19.3 Å². The van der Waals surface area contributed by atoms with Crippen LogP contribution in [0.4, 0.5) is 15.6 Å². The first-order chi connectivity index (χ1) is 32.2. The molecule has 20 heteroatoms. The zero-order valence-electron chi connectivity index (χ0n) is 40.0. The van der Waals surface area contributed by atoms with Crippen LogP contribution in [0.2, 0.25) is 0 Å². The number of likely N-dealkylation sites (tertiary alicyclic amines) is 1. The standard InChI is InChI=1S/C48H64N8O10S2/c1-10-31-27-48(31,44(59)54-68(61,62)41-17-12-11-16-35(41)49-21-13-14-22-55(7)23-15-18-42(57)64-9)53-43(58)39-25-33(28-56(39)46(60)66-47(4,5)6)65-40-26-37(38-29-67-45(52-38)50-30(2)3)51-36-24-32(63-8)19-20-34(36)40/h10-12,16-17,19-20,24,26,29-31,33,39,49H,1,13-15,18,21-23,25,27-28H2,2-9H3,(H,50,52)(H,53,58)(H,54,59)/t31?,33-,39+,48?/m1/s1. The highest BCUT2D eigenvalue weighted by Gasteiger charge is 2.61. The molecule has 2 aromatic carbocycles. The number of amides is 3. The number of hydrogen-bond donors (Lipinski definition) is 4. The van der Waals surface area contributed by atoms with E-state index >= 15 is 0 Å². The van der Waals surface area contributed by atoms with Gasteiger partial charge in [-0.25, -0.2) is 27.9 Å². The molecule has 3 heterocycles. The fourth-order valence-corrected chi connectivity index (χ4v) is 10.0. The highest BCUT2D eigenvalue weighted by atomic mass is 32.2. The van der Waals surface area contributed by atoms with Crippen molar-refractivity contribution >= 4 is 67.0 Å². The van der Waals surface area contributed by atoms with Crippen LogP contribution in [0.3, 0.4) is 0 Å². The van der Waals surface area contributed by atoms with E-state index in [9.17, 15) is 27.6 Å². The average Bonchev–Trinajstić information content (AvgIpc) is 3.54. The van der Waals surface area contributed by atoms with Crippen LogP contribution in [0.15, 0.2) is 71.5 Å². The monoisotopic (exact) mass is 976 g/mol. The molecule has 4 atom stereocenters. The van der Waals surface area contributed by atoms with Gasteiger partial charge in [-0.15, -0.1) is 17.9 Å². The third kappa shape index (κ3) is 13.0. The molecular formula is C48H64N8O10S2. The number of benzene rings is 2. The van der Waals surface area contributed by atoms with Gasteiger partial charge in [0, 0.05) is 54.2 Å². The van der Waals surface area contributed by atoms with E-state index in [1.54, 1.807) is 64.3 Å². The summed E-state index contributed by atoms with van der Waals surface area (Å²) in [5, 5.41) is 12.6. The number of nitrogens with zero attached hydrogens (tertiary/aromatic N) is 4. The number of carbonyl (C=O) groups is 4. The van der Waals surface area contributed by atoms with Crippen LogP contribution < -0.4 is 30.1 Å². The molecule has 68 heavy (non-hydrogen) atoms. The molecule has 3 amide bonds. The van der Waals surface area contributed by atoms with Crippen molar-refractivity contribution < 1.29 is 46.5 Å². The molecule has 6 rings (SSSR count). The molecule has 1 saturated heterocycles. The smallest absolute Gasteiger partial charge is 0.411 e. The van der Waals surface area contributed by atoms with E-state index in [2.05, 4.69) is 32.2 Å². The van der Waals surface area contributed by atoms with Crippen molar-refractivity contribution in [2.24, 2.45) is 5.92 Å². The summed E-state index contributed by atoms with van der Waals surface area (Å²) in [5.74, 6) is -1.43. The van der Waals surface area contributed by atoms with Crippen LogP contribution in [-0.2, 0) is 33.9 Å². The van der Waals surface area contributed by atoms with E-state index < -0.39 is 57.1 Å². The first kappa shape index (κ1) is 51.4. The van der Waals surface area contributed by atoms with Gasteiger partial charge < -0.3 is 39.8 Å². The van der Waals surface area contributed by atoms with Crippen LogP contribution in [0, 0.1) is 5.92 Å². The number of ether oxygens (including phenoxy) is 4. The number of methoxy groups -OCH3 is 2. The molecule has 4 aromatic rings. The van der Waals surface area contributed by atoms with Crippen LogP contribution in [0.1, 0.15) is 73.1 Å². The van der Waals surface area contributed by atoms with E-state index in [1.165, 1.54) is 35.5 Å². The Labute approximate surface area is 402 Å². The minimum Gasteiger partial charge on any atom is -0.497 e. The second-order valence-corrected chi connectivity index (χ2v) is 20.9. The lowest BCUT2D eigenvalue weighted by atomic mass is 10.1. The van der Waals surface area contributed by atoms with Gasteiger partial charge in [0.05, 0.1) is 37.7 Å². The van der Waals surface area contributed by atoms with Crippen molar-refractivity contribution in [2.75, 3.05) is 58.1 Å². The third-order valence-electron chi connectivity index (χ3n) is 11.5. The minimum absolute atomic E-state index is 0.0129. The number of para-hydroxylation sites is 1. The summed E-state index contributed by atoms with van der Waals surface area (Å²) in [5.41, 5.74) is -0.513. The molecule has 1 saturated carbocycles. The number of hydrogen-bond acceptors (Lipinski definition) is 16. The van der Waals surface area contributed by atoms with Gasteiger partial charge >= 0.3 is 12.1 Å². The summed E-state index contributed by atoms with van der Waals surface area (Å²) in [7, 11) is 0.457. The zero-order chi connectivity index (χ0) is 49.4. The second kappa shape index (κ2) is 22.0. The van der Waals surface area contributed by atoms with Gasteiger partial charge in [0.15, 0.2) is 5.13 Å². The highest BCUT2D eigenvalue weighted by Crippen LogP contribution is 2.45. The van der Waals surface area contributed by atoms with Gasteiger partial charge in [-0.05, 0) is 105 Å². The Kier molecular flexibility index (Phi) is 16.6. The maximum absolute atomic E-state index is 14.5. The summed E-state index contributed by atoms with van der Waals surface area (Å²) in [6, 6.07) is 12.5. The maximum Gasteiger partial charge on any atom is 0.411 e. The number of rotatable bonds is 22. The Hall–Kier alpha value is -5.99. The van der Waals surface area contributed by atoms with Crippen LogP contribution in [0.5, 0.6) is 11.5 Å². The highest BCUT2D eigenvalue weighted by molar-refractivity contribution is 7.90. The van der Waals surface area contributed by atoms with Crippen molar-refractivity contribution in [3.8, 4) is 22.9 Å². The summed E-state index contributed by atoms with van der Waals surface area (Å²) in [6.45, 7) is 15.0. The van der Waals surface area contributed by atoms with Crippen LogP contribution in [-0.4, -0.2) is 129 Å². The maximum atomic E-state index is 14.5. The Balaban J connectivity index is 1.17. The number of esters is 1. The molecule has 0 bridgehead atoms. The molecule has 368 valence electrons. The molecule has 0 radical (unpaired) electrons. The number of sulfonamides is 1. The van der Waals surface area contributed by atoms with Crippen molar-refractivity contribution in [3.63, 3.8) is 0 Å². The predicted octanol–water partition coefficient (Wildman–Crippen LogP) is 6.59. The molecule has 0 spiro atoms. The Morgan fingerprint density at radius 1 is 1.03 bits per heavy atom. The summed E-state index contributed by atoms with van der Waals surface area (Å²) >= 11 is 1.45. The van der Waals surface area contributed by atoms with Gasteiger partial charge in [0.1, 0.15) is 45.4 Å². The Morgan fingerprint density at radius 2 is 1.78 bits per heavy atom. The summed E-state index contributed by atoms with van der Waals surface area (Å²) in [6.07, 6.45) is 2.69. The largest absolute Gasteiger partial charge is 0.497 e.